The van der Waals surface area contributed by atoms with Gasteiger partial charge < -0.3 is 5.48 Å². The van der Waals surface area contributed by atoms with Crippen LogP contribution in [0.3, 0.4) is 0 Å². The largest absolute Gasteiger partial charge is 0.412 e. The SMILES string of the molecule is CC(C)N([C@H]1CCC2=Cc3c(cnn3-c3ccc(F)cc3)C[C@]2(C(=O)c2ncc(C3CC3)s2)C1)S(=O)c1cnn(C)c1.O. The van der Waals surface area contributed by atoms with Crippen LogP contribution in [0.1, 0.15) is 77.8 Å². The Morgan fingerprint density at radius 2 is 1.91 bits per heavy atom. The molecule has 2 fully saturated rings. The number of fused-ring (bicyclic) bond motifs is 2. The molecule has 2 N–H and O–H groups in total. The van der Waals surface area contributed by atoms with Crippen molar-refractivity contribution >= 4 is 34.2 Å². The van der Waals surface area contributed by atoms with Crippen molar-refractivity contribution in [3.8, 4) is 5.69 Å². The van der Waals surface area contributed by atoms with Gasteiger partial charge in [0.05, 0.1) is 34.1 Å². The van der Waals surface area contributed by atoms with Crippen LogP contribution in [0.25, 0.3) is 11.8 Å². The highest BCUT2D eigenvalue weighted by atomic mass is 32.2. The van der Waals surface area contributed by atoms with Gasteiger partial charge in [0, 0.05) is 36.4 Å². The van der Waals surface area contributed by atoms with Crippen LogP contribution in [0.5, 0.6) is 0 Å². The highest BCUT2D eigenvalue weighted by Gasteiger charge is 2.52. The number of aromatic nitrogens is 5. The van der Waals surface area contributed by atoms with E-state index in [1.165, 1.54) is 28.3 Å². The minimum Gasteiger partial charge on any atom is -0.412 e. The number of hydrogen-bond donors (Lipinski definition) is 0. The molecule has 7 rings (SSSR count). The first-order chi connectivity index (χ1) is 20.2. The van der Waals surface area contributed by atoms with Crippen molar-refractivity contribution in [2.24, 2.45) is 12.5 Å². The number of hydrogen-bond acceptors (Lipinski definition) is 6. The van der Waals surface area contributed by atoms with E-state index in [-0.39, 0.29) is 29.2 Å². The maximum Gasteiger partial charge on any atom is 0.201 e. The van der Waals surface area contributed by atoms with E-state index in [9.17, 15) is 13.4 Å². The van der Waals surface area contributed by atoms with Gasteiger partial charge in [0.15, 0.2) is 5.01 Å². The zero-order chi connectivity index (χ0) is 29.2. The number of thiazole rings is 1. The third-order valence-corrected chi connectivity index (χ3v) is 11.7. The van der Waals surface area contributed by atoms with Gasteiger partial charge in [-0.05, 0) is 94.2 Å². The first-order valence-electron chi connectivity index (χ1n) is 14.5. The van der Waals surface area contributed by atoms with Crippen molar-refractivity contribution in [3.63, 3.8) is 0 Å². The number of halogens is 1. The Kier molecular flexibility index (Phi) is 7.82. The fourth-order valence-electron chi connectivity index (χ4n) is 6.60. The van der Waals surface area contributed by atoms with Gasteiger partial charge in [-0.2, -0.15) is 10.2 Å². The molecular weight excluding hydrogens is 588 g/mol. The Morgan fingerprint density at radius 3 is 2.58 bits per heavy atom. The van der Waals surface area contributed by atoms with E-state index < -0.39 is 16.4 Å². The molecule has 43 heavy (non-hydrogen) atoms. The maximum atomic E-state index is 14.6. The summed E-state index contributed by atoms with van der Waals surface area (Å²) in [6.45, 7) is 4.12. The molecule has 12 heteroatoms. The number of carbonyl (C=O) groups excluding carboxylic acids is 1. The summed E-state index contributed by atoms with van der Waals surface area (Å²) >= 11 is 1.53. The minimum atomic E-state index is -1.42. The fourth-order valence-corrected chi connectivity index (χ4v) is 9.18. The van der Waals surface area contributed by atoms with E-state index in [0.717, 1.165) is 41.8 Å². The standard InChI is InChI=1S/C31H33FN6O2S2.H2O/c1-19(2)38(42(40)26-16-34-36(3)18-26)25-9-6-22-12-27-21(15-35-37(27)24-10-7-23(32)8-11-24)13-31(22,14-25)29(39)30-33-17-28(41-30)20-4-5-20;/h7-8,10-12,15-20,25H,4-6,9,13-14H2,1-3H3;1H2/t25-,31-,42?;/m0./s1. The summed E-state index contributed by atoms with van der Waals surface area (Å²) in [5, 5.41) is 9.47. The van der Waals surface area contributed by atoms with E-state index in [1.54, 1.807) is 29.2 Å². The number of benzene rings is 1. The maximum absolute atomic E-state index is 14.6. The lowest BCUT2D eigenvalue weighted by atomic mass is 9.61. The van der Waals surface area contributed by atoms with Crippen LogP contribution in [0.15, 0.2) is 59.5 Å². The monoisotopic (exact) mass is 622 g/mol. The lowest BCUT2D eigenvalue weighted by molar-refractivity contribution is 0.0732. The number of ketones is 1. The van der Waals surface area contributed by atoms with E-state index >= 15 is 0 Å². The topological polar surface area (TPSA) is 117 Å². The van der Waals surface area contributed by atoms with Crippen LogP contribution in [0.2, 0.25) is 0 Å². The second kappa shape index (κ2) is 11.3. The van der Waals surface area contributed by atoms with E-state index in [0.29, 0.717) is 35.1 Å². The molecule has 3 aliphatic carbocycles. The van der Waals surface area contributed by atoms with E-state index in [1.807, 2.05) is 24.1 Å². The lowest BCUT2D eigenvalue weighted by Crippen LogP contribution is -2.51. The molecule has 2 saturated carbocycles. The molecule has 3 aliphatic rings. The molecule has 0 aliphatic heterocycles. The summed E-state index contributed by atoms with van der Waals surface area (Å²) in [7, 11) is 0.402. The predicted octanol–water partition coefficient (Wildman–Crippen LogP) is 5.05. The lowest BCUT2D eigenvalue weighted by Gasteiger charge is -2.47. The fraction of sp³-hybridized carbons (Fsp3) is 0.419. The van der Waals surface area contributed by atoms with E-state index in [2.05, 4.69) is 39.4 Å². The molecule has 3 heterocycles. The average molecular weight is 623 g/mol. The Morgan fingerprint density at radius 1 is 1.14 bits per heavy atom. The Balaban J connectivity index is 0.00000329. The zero-order valence-corrected chi connectivity index (χ0v) is 26.0. The van der Waals surface area contributed by atoms with Crippen LogP contribution >= 0.6 is 11.3 Å². The van der Waals surface area contributed by atoms with Gasteiger partial charge in [-0.3, -0.25) is 9.48 Å². The zero-order valence-electron chi connectivity index (χ0n) is 24.4. The summed E-state index contributed by atoms with van der Waals surface area (Å²) in [6.07, 6.45) is 14.1. The van der Waals surface area contributed by atoms with Crippen molar-refractivity contribution in [2.75, 3.05) is 0 Å². The van der Waals surface area contributed by atoms with E-state index in [4.69, 9.17) is 0 Å². The molecule has 1 unspecified atom stereocenters. The molecule has 9 nitrogen and oxygen atoms in total. The van der Waals surface area contributed by atoms with Crippen molar-refractivity contribution in [1.82, 2.24) is 28.9 Å². The number of aryl methyl sites for hydroxylation is 1. The third-order valence-electron chi connectivity index (χ3n) is 8.78. The second-order valence-electron chi connectivity index (χ2n) is 12.0. The molecular formula is C31H35FN6O3S2. The van der Waals surface area contributed by atoms with Crippen molar-refractivity contribution in [3.05, 3.63) is 81.6 Å². The highest BCUT2D eigenvalue weighted by Crippen LogP contribution is 2.52. The van der Waals surface area contributed by atoms with Crippen molar-refractivity contribution < 1.29 is 18.9 Å². The Labute approximate surface area is 256 Å². The molecule has 0 bridgehead atoms. The van der Waals surface area contributed by atoms with Crippen molar-refractivity contribution in [2.45, 2.75) is 75.3 Å². The first kappa shape index (κ1) is 29.7. The number of carbonyl (C=O) groups is 1. The molecule has 226 valence electrons. The van der Waals surface area contributed by atoms with Gasteiger partial charge in [-0.1, -0.05) is 5.57 Å². The molecule has 0 amide bonds. The number of nitrogens with zero attached hydrogens (tertiary/aromatic N) is 6. The molecule has 3 atom stereocenters. The molecule has 0 radical (unpaired) electrons. The molecule has 4 aromatic rings. The summed E-state index contributed by atoms with van der Waals surface area (Å²) < 4.78 is 33.1. The van der Waals surface area contributed by atoms with Gasteiger partial charge in [-0.25, -0.2) is 22.6 Å². The van der Waals surface area contributed by atoms with Crippen molar-refractivity contribution in [1.29, 1.82) is 0 Å². The van der Waals surface area contributed by atoms with Gasteiger partial charge >= 0.3 is 0 Å². The van der Waals surface area contributed by atoms with Gasteiger partial charge in [0.25, 0.3) is 0 Å². The van der Waals surface area contributed by atoms with Crippen LogP contribution < -0.4 is 0 Å². The predicted molar refractivity (Wildman–Crippen MR) is 164 cm³/mol. The normalized spacial score (nSPS) is 22.1. The summed E-state index contributed by atoms with van der Waals surface area (Å²) in [5.74, 6) is 0.278. The smallest absolute Gasteiger partial charge is 0.201 e. The molecule has 3 aromatic heterocycles. The van der Waals surface area contributed by atoms with Crippen LogP contribution in [0, 0.1) is 11.2 Å². The van der Waals surface area contributed by atoms with Gasteiger partial charge in [0.2, 0.25) is 5.78 Å². The van der Waals surface area contributed by atoms with Crippen LogP contribution in [-0.4, -0.2) is 56.4 Å². The first-order valence-corrected chi connectivity index (χ1v) is 16.4. The number of rotatable bonds is 8. The Hall–Kier alpha value is -3.32. The third kappa shape index (κ3) is 5.24. The van der Waals surface area contributed by atoms with Crippen LogP contribution in [0.4, 0.5) is 4.39 Å². The number of allylic oxidation sites excluding steroid dienone is 1. The minimum absolute atomic E-state index is 0. The highest BCUT2D eigenvalue weighted by molar-refractivity contribution is 7.82. The average Bonchev–Trinajstić information content (AvgIpc) is 3.34. The molecule has 0 saturated heterocycles. The summed E-state index contributed by atoms with van der Waals surface area (Å²) in [5.41, 5.74) is 2.93. The summed E-state index contributed by atoms with van der Waals surface area (Å²) in [4.78, 5) is 21.1. The molecule has 1 aromatic carbocycles. The van der Waals surface area contributed by atoms with Gasteiger partial charge in [-0.15, -0.1) is 11.3 Å². The van der Waals surface area contributed by atoms with Crippen LogP contribution in [-0.2, 0) is 24.5 Å². The number of Topliss-reactive ketones (excluding diaryl/α,β-unsaturated/α-hetero) is 1. The Bertz CT molecular complexity index is 1720. The quantitative estimate of drug-likeness (QED) is 0.255. The summed E-state index contributed by atoms with van der Waals surface area (Å²) in [6, 6.07) is 6.21. The van der Waals surface area contributed by atoms with Gasteiger partial charge in [0.1, 0.15) is 16.8 Å². The molecule has 0 spiro atoms. The second-order valence-corrected chi connectivity index (χ2v) is 14.4.